The van der Waals surface area contributed by atoms with Crippen molar-refractivity contribution in [1.29, 1.82) is 0 Å². The molecule has 4 nitrogen and oxygen atoms in total. The van der Waals surface area contributed by atoms with E-state index in [0.29, 0.717) is 6.42 Å². The van der Waals surface area contributed by atoms with Crippen LogP contribution >= 0.6 is 0 Å². The summed E-state index contributed by atoms with van der Waals surface area (Å²) in [6.07, 6.45) is 6.86. The van der Waals surface area contributed by atoms with Crippen molar-refractivity contribution in [2.75, 3.05) is 6.54 Å². The highest BCUT2D eigenvalue weighted by atomic mass is 16.4. The molecule has 0 radical (unpaired) electrons. The molecule has 1 aliphatic rings. The van der Waals surface area contributed by atoms with E-state index in [0.717, 1.165) is 31.2 Å². The van der Waals surface area contributed by atoms with Crippen LogP contribution in [0.3, 0.4) is 0 Å². The number of benzene rings is 1. The van der Waals surface area contributed by atoms with Crippen LogP contribution in [0.2, 0.25) is 0 Å². The molecule has 0 spiro atoms. The lowest BCUT2D eigenvalue weighted by molar-refractivity contribution is -0.144. The van der Waals surface area contributed by atoms with Gasteiger partial charge in [-0.05, 0) is 24.8 Å². The van der Waals surface area contributed by atoms with Gasteiger partial charge in [-0.25, -0.2) is 0 Å². The van der Waals surface area contributed by atoms with Gasteiger partial charge >= 0.3 is 5.97 Å². The lowest BCUT2D eigenvalue weighted by Crippen LogP contribution is -2.47. The molecule has 0 heterocycles. The molecule has 1 fully saturated rings. The van der Waals surface area contributed by atoms with Crippen molar-refractivity contribution in [3.05, 3.63) is 35.9 Å². The van der Waals surface area contributed by atoms with Crippen LogP contribution in [0.4, 0.5) is 0 Å². The predicted molar refractivity (Wildman–Crippen MR) is 90.2 cm³/mol. The number of carboxylic acid groups (broad SMARTS) is 1. The first-order valence-corrected chi connectivity index (χ1v) is 8.67. The van der Waals surface area contributed by atoms with Gasteiger partial charge in [0.1, 0.15) is 5.41 Å². The zero-order valence-corrected chi connectivity index (χ0v) is 13.9. The Morgan fingerprint density at radius 2 is 1.74 bits per heavy atom. The Hall–Kier alpha value is -1.84. The average Bonchev–Trinajstić information content (AvgIpc) is 2.85. The van der Waals surface area contributed by atoms with Crippen molar-refractivity contribution in [3.8, 4) is 0 Å². The van der Waals surface area contributed by atoms with Gasteiger partial charge in [-0.3, -0.25) is 9.59 Å². The standard InChI is InChI=1S/C19H27NO3/c1-2-19(18(22)23,16-12-8-5-9-13-16)14-20-17(21)15-10-6-3-4-7-11-15/h5,8-9,12-13,15H,2-4,6-7,10-11,14H2,1H3,(H,20,21)(H,22,23). The lowest BCUT2D eigenvalue weighted by Gasteiger charge is -2.29. The molecule has 2 rings (SSSR count). The summed E-state index contributed by atoms with van der Waals surface area (Å²) in [5.41, 5.74) is -0.307. The molecule has 126 valence electrons. The quantitative estimate of drug-likeness (QED) is 0.789. The van der Waals surface area contributed by atoms with Crippen LogP contribution in [-0.4, -0.2) is 23.5 Å². The fraction of sp³-hybridized carbons (Fsp3) is 0.579. The van der Waals surface area contributed by atoms with Crippen molar-refractivity contribution >= 4 is 11.9 Å². The van der Waals surface area contributed by atoms with Crippen LogP contribution in [-0.2, 0) is 15.0 Å². The Labute approximate surface area is 138 Å². The summed E-state index contributed by atoms with van der Waals surface area (Å²) in [6, 6.07) is 9.21. The second-order valence-electron chi connectivity index (χ2n) is 6.51. The fourth-order valence-corrected chi connectivity index (χ4v) is 3.46. The maximum Gasteiger partial charge on any atom is 0.315 e. The molecule has 0 bridgehead atoms. The number of carbonyl (C=O) groups is 2. The molecule has 1 aromatic carbocycles. The molecule has 1 aliphatic carbocycles. The Kier molecular flexibility index (Phi) is 6.20. The smallest absolute Gasteiger partial charge is 0.315 e. The molecule has 0 aromatic heterocycles. The van der Waals surface area contributed by atoms with Crippen molar-refractivity contribution in [1.82, 2.24) is 5.32 Å². The summed E-state index contributed by atoms with van der Waals surface area (Å²) in [5.74, 6) is -0.828. The van der Waals surface area contributed by atoms with Gasteiger partial charge < -0.3 is 10.4 Å². The number of carboxylic acids is 1. The minimum absolute atomic E-state index is 0.0157. The van der Waals surface area contributed by atoms with E-state index < -0.39 is 11.4 Å². The van der Waals surface area contributed by atoms with E-state index in [1.54, 1.807) is 0 Å². The van der Waals surface area contributed by atoms with Gasteiger partial charge in [0.25, 0.3) is 0 Å². The highest BCUT2D eigenvalue weighted by Gasteiger charge is 2.39. The summed E-state index contributed by atoms with van der Waals surface area (Å²) in [6.45, 7) is 2.01. The Morgan fingerprint density at radius 3 is 2.26 bits per heavy atom. The molecule has 4 heteroatoms. The van der Waals surface area contributed by atoms with E-state index in [1.807, 2.05) is 37.3 Å². The Morgan fingerprint density at radius 1 is 1.13 bits per heavy atom. The van der Waals surface area contributed by atoms with E-state index in [2.05, 4.69) is 5.32 Å². The molecule has 23 heavy (non-hydrogen) atoms. The van der Waals surface area contributed by atoms with Gasteiger partial charge in [-0.2, -0.15) is 0 Å². The molecule has 2 N–H and O–H groups in total. The summed E-state index contributed by atoms with van der Waals surface area (Å²) < 4.78 is 0. The topological polar surface area (TPSA) is 66.4 Å². The van der Waals surface area contributed by atoms with Gasteiger partial charge in [0.2, 0.25) is 5.91 Å². The lowest BCUT2D eigenvalue weighted by atomic mass is 9.78. The summed E-state index contributed by atoms with van der Waals surface area (Å²) in [5, 5.41) is 12.7. The molecular weight excluding hydrogens is 290 g/mol. The van der Waals surface area contributed by atoms with E-state index in [9.17, 15) is 14.7 Å². The molecule has 0 saturated heterocycles. The Balaban J connectivity index is 2.09. The number of carbonyl (C=O) groups excluding carboxylic acids is 1. The molecule has 1 aromatic rings. The monoisotopic (exact) mass is 317 g/mol. The number of hydrogen-bond donors (Lipinski definition) is 2. The van der Waals surface area contributed by atoms with Gasteiger partial charge in [0.15, 0.2) is 0 Å². The van der Waals surface area contributed by atoms with Crippen LogP contribution in [0.5, 0.6) is 0 Å². The number of nitrogens with one attached hydrogen (secondary N) is 1. The SMILES string of the molecule is CCC(CNC(=O)C1CCCCCC1)(C(=O)O)c1ccccc1. The molecule has 1 amide bonds. The van der Waals surface area contributed by atoms with E-state index in [1.165, 1.54) is 12.8 Å². The number of rotatable bonds is 6. The van der Waals surface area contributed by atoms with Crippen LogP contribution in [0.25, 0.3) is 0 Å². The molecule has 1 saturated carbocycles. The first-order chi connectivity index (χ1) is 11.1. The molecule has 0 aliphatic heterocycles. The van der Waals surface area contributed by atoms with Gasteiger partial charge in [-0.1, -0.05) is 62.9 Å². The zero-order valence-electron chi connectivity index (χ0n) is 13.9. The van der Waals surface area contributed by atoms with Crippen LogP contribution in [0.15, 0.2) is 30.3 Å². The minimum atomic E-state index is -1.05. The zero-order chi connectivity index (χ0) is 16.7. The van der Waals surface area contributed by atoms with E-state index in [4.69, 9.17) is 0 Å². The summed E-state index contributed by atoms with van der Waals surface area (Å²) in [7, 11) is 0. The third-order valence-electron chi connectivity index (χ3n) is 5.13. The third-order valence-corrected chi connectivity index (χ3v) is 5.13. The van der Waals surface area contributed by atoms with Crippen molar-refractivity contribution in [3.63, 3.8) is 0 Å². The van der Waals surface area contributed by atoms with Crippen molar-refractivity contribution in [2.24, 2.45) is 5.92 Å². The first kappa shape index (κ1) is 17.5. The summed E-state index contributed by atoms with van der Waals surface area (Å²) in [4.78, 5) is 24.4. The first-order valence-electron chi connectivity index (χ1n) is 8.67. The van der Waals surface area contributed by atoms with Gasteiger partial charge in [-0.15, -0.1) is 0 Å². The maximum atomic E-state index is 12.5. The highest BCUT2D eigenvalue weighted by Crippen LogP contribution is 2.29. The predicted octanol–water partition coefficient (Wildman–Crippen LogP) is 3.51. The number of aliphatic carboxylic acids is 1. The van der Waals surface area contributed by atoms with Gasteiger partial charge in [0.05, 0.1) is 0 Å². The second kappa shape index (κ2) is 8.14. The molecule has 1 unspecified atom stereocenters. The largest absolute Gasteiger partial charge is 0.481 e. The second-order valence-corrected chi connectivity index (χ2v) is 6.51. The average molecular weight is 317 g/mol. The van der Waals surface area contributed by atoms with Crippen molar-refractivity contribution < 1.29 is 14.7 Å². The van der Waals surface area contributed by atoms with Gasteiger partial charge in [0, 0.05) is 12.5 Å². The normalized spacial score (nSPS) is 18.7. The van der Waals surface area contributed by atoms with Crippen molar-refractivity contribution in [2.45, 2.75) is 57.3 Å². The highest BCUT2D eigenvalue weighted by molar-refractivity contribution is 5.84. The minimum Gasteiger partial charge on any atom is -0.481 e. The van der Waals surface area contributed by atoms with Crippen LogP contribution < -0.4 is 5.32 Å². The fourth-order valence-electron chi connectivity index (χ4n) is 3.46. The van der Waals surface area contributed by atoms with Crippen LogP contribution in [0, 0.1) is 5.92 Å². The molecule has 1 atom stereocenters. The number of hydrogen-bond acceptors (Lipinski definition) is 2. The van der Waals surface area contributed by atoms with E-state index >= 15 is 0 Å². The van der Waals surface area contributed by atoms with E-state index in [-0.39, 0.29) is 18.4 Å². The number of amides is 1. The summed E-state index contributed by atoms with van der Waals surface area (Å²) >= 11 is 0. The Bertz CT molecular complexity index is 521. The van der Waals surface area contributed by atoms with Crippen LogP contribution in [0.1, 0.15) is 57.4 Å². The third kappa shape index (κ3) is 4.12. The maximum absolute atomic E-state index is 12.5. The molecular formula is C19H27NO3.